The van der Waals surface area contributed by atoms with Gasteiger partial charge < -0.3 is 9.64 Å². The van der Waals surface area contributed by atoms with Gasteiger partial charge in [-0.3, -0.25) is 4.79 Å². The lowest BCUT2D eigenvalue weighted by atomic mass is 10.2. The predicted molar refractivity (Wildman–Crippen MR) is 87.6 cm³/mol. The molecule has 2 rings (SSSR count). The van der Waals surface area contributed by atoms with Gasteiger partial charge in [0, 0.05) is 18.6 Å². The van der Waals surface area contributed by atoms with Gasteiger partial charge in [-0.15, -0.1) is 0 Å². The number of rotatable bonds is 5. The molecule has 2 aromatic rings. The summed E-state index contributed by atoms with van der Waals surface area (Å²) in [4.78, 5) is 13.7. The van der Waals surface area contributed by atoms with Crippen molar-refractivity contribution in [3.05, 3.63) is 63.6 Å². The van der Waals surface area contributed by atoms with Crippen LogP contribution in [0.25, 0.3) is 0 Å². The summed E-state index contributed by atoms with van der Waals surface area (Å²) in [5.74, 6) is 0.544. The highest BCUT2D eigenvalue weighted by molar-refractivity contribution is 9.10. The fourth-order valence-corrected chi connectivity index (χ4v) is 2.38. The maximum Gasteiger partial charge on any atom is 0.260 e. The molecule has 0 saturated carbocycles. The number of hydrogen-bond donors (Lipinski definition) is 0. The normalized spacial score (nSPS) is 10.2. The number of halogens is 2. The molecule has 5 heteroatoms. The van der Waals surface area contributed by atoms with Crippen molar-refractivity contribution in [2.75, 3.05) is 13.7 Å². The van der Waals surface area contributed by atoms with E-state index < -0.39 is 0 Å². The second-order valence-electron chi connectivity index (χ2n) is 4.56. The highest BCUT2D eigenvalue weighted by Gasteiger charge is 2.12. The van der Waals surface area contributed by atoms with Crippen LogP contribution in [0.2, 0.25) is 5.02 Å². The summed E-state index contributed by atoms with van der Waals surface area (Å²) in [7, 11) is 1.73. The lowest BCUT2D eigenvalue weighted by molar-refractivity contribution is -0.132. The molecule has 0 aliphatic rings. The third-order valence-electron chi connectivity index (χ3n) is 2.98. The van der Waals surface area contributed by atoms with Crippen LogP contribution in [0.4, 0.5) is 0 Å². The molecule has 0 aliphatic carbocycles. The van der Waals surface area contributed by atoms with E-state index in [9.17, 15) is 4.79 Å². The van der Waals surface area contributed by atoms with Crippen LogP contribution in [0.3, 0.4) is 0 Å². The van der Waals surface area contributed by atoms with Crippen LogP contribution < -0.4 is 4.74 Å². The van der Waals surface area contributed by atoms with E-state index in [2.05, 4.69) is 15.9 Å². The molecule has 0 aliphatic heterocycles. The number of carbonyl (C=O) groups excluding carboxylic acids is 1. The topological polar surface area (TPSA) is 29.5 Å². The van der Waals surface area contributed by atoms with Crippen LogP contribution in [-0.2, 0) is 11.3 Å². The molecular weight excluding hydrogens is 354 g/mol. The molecule has 21 heavy (non-hydrogen) atoms. The van der Waals surface area contributed by atoms with E-state index in [4.69, 9.17) is 16.3 Å². The molecular formula is C16H15BrClNO2. The van der Waals surface area contributed by atoms with Crippen molar-refractivity contribution >= 4 is 33.4 Å². The first-order chi connectivity index (χ1) is 10.1. The van der Waals surface area contributed by atoms with Crippen molar-refractivity contribution in [1.29, 1.82) is 0 Å². The molecule has 0 radical (unpaired) electrons. The Hall–Kier alpha value is -1.52. The van der Waals surface area contributed by atoms with E-state index in [1.807, 2.05) is 48.5 Å². The average molecular weight is 369 g/mol. The number of benzene rings is 2. The van der Waals surface area contributed by atoms with Gasteiger partial charge >= 0.3 is 0 Å². The standard InChI is InChI=1S/C16H15BrClNO2/c1-19(10-12-6-2-4-8-14(12)18)16(20)11-21-15-9-5-3-7-13(15)17/h2-9H,10-11H2,1H3. The minimum Gasteiger partial charge on any atom is -0.483 e. The smallest absolute Gasteiger partial charge is 0.260 e. The second kappa shape index (κ2) is 7.48. The number of para-hydroxylation sites is 1. The molecule has 0 heterocycles. The molecule has 2 aromatic carbocycles. The number of amides is 1. The second-order valence-corrected chi connectivity index (χ2v) is 5.82. The number of carbonyl (C=O) groups is 1. The average Bonchev–Trinajstić information content (AvgIpc) is 2.48. The first-order valence-electron chi connectivity index (χ1n) is 6.42. The van der Waals surface area contributed by atoms with Crippen LogP contribution in [0.1, 0.15) is 5.56 Å². The van der Waals surface area contributed by atoms with E-state index >= 15 is 0 Å². The van der Waals surface area contributed by atoms with Crippen LogP contribution in [0.15, 0.2) is 53.0 Å². The first-order valence-corrected chi connectivity index (χ1v) is 7.59. The van der Waals surface area contributed by atoms with Crippen molar-refractivity contribution in [2.24, 2.45) is 0 Å². The van der Waals surface area contributed by atoms with Gasteiger partial charge in [0.05, 0.1) is 4.47 Å². The zero-order chi connectivity index (χ0) is 15.2. The molecule has 0 N–H and O–H groups in total. The van der Waals surface area contributed by atoms with E-state index in [1.54, 1.807) is 11.9 Å². The van der Waals surface area contributed by atoms with Gasteiger partial charge in [0.25, 0.3) is 5.91 Å². The first kappa shape index (κ1) is 15.9. The fraction of sp³-hybridized carbons (Fsp3) is 0.188. The van der Waals surface area contributed by atoms with Crippen LogP contribution >= 0.6 is 27.5 Å². The van der Waals surface area contributed by atoms with Crippen molar-refractivity contribution in [3.8, 4) is 5.75 Å². The highest BCUT2D eigenvalue weighted by atomic mass is 79.9. The Labute approximate surface area is 137 Å². The lowest BCUT2D eigenvalue weighted by Crippen LogP contribution is -2.31. The van der Waals surface area contributed by atoms with Crippen LogP contribution in [-0.4, -0.2) is 24.5 Å². The summed E-state index contributed by atoms with van der Waals surface area (Å²) in [6.45, 7) is 0.446. The van der Waals surface area contributed by atoms with Gasteiger partial charge in [-0.05, 0) is 39.7 Å². The predicted octanol–water partition coefficient (Wildman–Crippen LogP) is 4.14. The van der Waals surface area contributed by atoms with Gasteiger partial charge in [-0.1, -0.05) is 41.9 Å². The molecule has 1 amide bonds. The van der Waals surface area contributed by atoms with E-state index in [0.29, 0.717) is 17.3 Å². The van der Waals surface area contributed by atoms with E-state index in [-0.39, 0.29) is 12.5 Å². The fourth-order valence-electron chi connectivity index (χ4n) is 1.78. The Morgan fingerprint density at radius 1 is 1.19 bits per heavy atom. The summed E-state index contributed by atoms with van der Waals surface area (Å²) in [6.07, 6.45) is 0. The molecule has 0 aromatic heterocycles. The van der Waals surface area contributed by atoms with Gasteiger partial charge in [-0.2, -0.15) is 0 Å². The zero-order valence-corrected chi connectivity index (χ0v) is 13.9. The molecule has 0 unspecified atom stereocenters. The molecule has 0 bridgehead atoms. The summed E-state index contributed by atoms with van der Waals surface area (Å²) in [5.41, 5.74) is 0.913. The molecule has 3 nitrogen and oxygen atoms in total. The van der Waals surface area contributed by atoms with E-state index in [0.717, 1.165) is 10.0 Å². The Morgan fingerprint density at radius 3 is 2.57 bits per heavy atom. The largest absolute Gasteiger partial charge is 0.483 e. The molecule has 110 valence electrons. The lowest BCUT2D eigenvalue weighted by Gasteiger charge is -2.18. The minimum absolute atomic E-state index is 0.0104. The number of nitrogens with zero attached hydrogens (tertiary/aromatic N) is 1. The highest BCUT2D eigenvalue weighted by Crippen LogP contribution is 2.23. The monoisotopic (exact) mass is 367 g/mol. The summed E-state index contributed by atoms with van der Waals surface area (Å²) < 4.78 is 6.34. The van der Waals surface area contributed by atoms with E-state index in [1.165, 1.54) is 0 Å². The van der Waals surface area contributed by atoms with Crippen molar-refractivity contribution in [2.45, 2.75) is 6.54 Å². The maximum absolute atomic E-state index is 12.1. The van der Waals surface area contributed by atoms with Crippen molar-refractivity contribution in [1.82, 2.24) is 4.90 Å². The van der Waals surface area contributed by atoms with Gasteiger partial charge in [0.15, 0.2) is 6.61 Å². The Kier molecular flexibility index (Phi) is 5.65. The maximum atomic E-state index is 12.1. The Bertz CT molecular complexity index is 633. The zero-order valence-electron chi connectivity index (χ0n) is 11.6. The summed E-state index contributed by atoms with van der Waals surface area (Å²) in [6, 6.07) is 14.9. The Balaban J connectivity index is 1.91. The van der Waals surface area contributed by atoms with Gasteiger partial charge in [0.2, 0.25) is 0 Å². The molecule has 0 spiro atoms. The van der Waals surface area contributed by atoms with Crippen molar-refractivity contribution < 1.29 is 9.53 Å². The third kappa shape index (κ3) is 4.48. The number of likely N-dealkylation sites (N-methyl/N-ethyl adjacent to an activating group) is 1. The summed E-state index contributed by atoms with van der Waals surface area (Å²) >= 11 is 9.47. The Morgan fingerprint density at radius 2 is 1.86 bits per heavy atom. The molecule has 0 atom stereocenters. The SMILES string of the molecule is CN(Cc1ccccc1Cl)C(=O)COc1ccccc1Br. The van der Waals surface area contributed by atoms with Gasteiger partial charge in [0.1, 0.15) is 5.75 Å². The number of ether oxygens (including phenoxy) is 1. The summed E-state index contributed by atoms with van der Waals surface area (Å²) in [5, 5.41) is 0.656. The van der Waals surface area contributed by atoms with Crippen molar-refractivity contribution in [3.63, 3.8) is 0 Å². The minimum atomic E-state index is -0.106. The molecule has 0 saturated heterocycles. The van der Waals surface area contributed by atoms with Crippen LogP contribution in [0, 0.1) is 0 Å². The number of hydrogen-bond acceptors (Lipinski definition) is 2. The quantitative estimate of drug-likeness (QED) is 0.794. The van der Waals surface area contributed by atoms with Gasteiger partial charge in [-0.25, -0.2) is 0 Å². The molecule has 0 fully saturated rings. The van der Waals surface area contributed by atoms with Crippen LogP contribution in [0.5, 0.6) is 5.75 Å². The third-order valence-corrected chi connectivity index (χ3v) is 4.00.